The Morgan fingerprint density at radius 2 is 1.59 bits per heavy atom. The Labute approximate surface area is 124 Å². The van der Waals surface area contributed by atoms with Crippen LogP contribution in [0, 0.1) is 0 Å². The van der Waals surface area contributed by atoms with Gasteiger partial charge in [0.05, 0.1) is 4.83 Å². The number of hydrogen-bond donors (Lipinski definition) is 0. The van der Waals surface area contributed by atoms with Gasteiger partial charge in [0.15, 0.2) is 0 Å². The fraction of sp³-hybridized carbons (Fsp3) is 0.0769. The average Bonchev–Trinajstić information content (AvgIpc) is 2.28. The van der Waals surface area contributed by atoms with Crippen molar-refractivity contribution in [1.29, 1.82) is 0 Å². The van der Waals surface area contributed by atoms with Crippen LogP contribution in [0.15, 0.2) is 42.5 Å². The molecule has 0 N–H and O–H groups in total. The summed E-state index contributed by atoms with van der Waals surface area (Å²) < 4.78 is 0. The van der Waals surface area contributed by atoms with E-state index in [4.69, 9.17) is 34.8 Å². The van der Waals surface area contributed by atoms with E-state index in [1.807, 2.05) is 36.4 Å². The molecule has 0 saturated heterocycles. The highest BCUT2D eigenvalue weighted by molar-refractivity contribution is 9.09. The largest absolute Gasteiger partial charge is 0.0843 e. The molecule has 0 aromatic heterocycles. The van der Waals surface area contributed by atoms with Crippen LogP contribution < -0.4 is 0 Å². The molecular weight excluding hydrogens is 342 g/mol. The molecule has 1 atom stereocenters. The van der Waals surface area contributed by atoms with Crippen LogP contribution in [0.2, 0.25) is 15.1 Å². The summed E-state index contributed by atoms with van der Waals surface area (Å²) in [6.07, 6.45) is 0. The maximum absolute atomic E-state index is 6.17. The number of alkyl halides is 1. The maximum atomic E-state index is 6.17. The van der Waals surface area contributed by atoms with E-state index < -0.39 is 0 Å². The molecule has 2 rings (SSSR count). The molecule has 0 saturated carbocycles. The third-order valence-corrected chi connectivity index (χ3v) is 4.20. The molecule has 0 nitrogen and oxygen atoms in total. The summed E-state index contributed by atoms with van der Waals surface area (Å²) in [5, 5.41) is 1.97. The normalized spacial score (nSPS) is 12.5. The molecule has 88 valence electrons. The molecule has 0 radical (unpaired) electrons. The van der Waals surface area contributed by atoms with Gasteiger partial charge < -0.3 is 0 Å². The van der Waals surface area contributed by atoms with Crippen LogP contribution in [0.4, 0.5) is 0 Å². The van der Waals surface area contributed by atoms with E-state index in [0.29, 0.717) is 15.1 Å². The average molecular weight is 350 g/mol. The number of benzene rings is 2. The van der Waals surface area contributed by atoms with Gasteiger partial charge in [-0.25, -0.2) is 0 Å². The van der Waals surface area contributed by atoms with E-state index in [1.165, 1.54) is 0 Å². The topological polar surface area (TPSA) is 0 Å². The Balaban J connectivity index is 2.40. The highest BCUT2D eigenvalue weighted by Crippen LogP contribution is 2.36. The summed E-state index contributed by atoms with van der Waals surface area (Å²) in [4.78, 5) is 0.00552. The van der Waals surface area contributed by atoms with Crippen LogP contribution in [0.3, 0.4) is 0 Å². The van der Waals surface area contributed by atoms with Crippen LogP contribution in [-0.4, -0.2) is 0 Å². The third-order valence-electron chi connectivity index (χ3n) is 2.38. The number of halogens is 4. The van der Waals surface area contributed by atoms with Crippen molar-refractivity contribution in [3.05, 3.63) is 68.7 Å². The first-order chi connectivity index (χ1) is 8.08. The molecule has 0 fully saturated rings. The van der Waals surface area contributed by atoms with Crippen LogP contribution in [0.1, 0.15) is 16.0 Å². The van der Waals surface area contributed by atoms with Gasteiger partial charge in [0, 0.05) is 15.1 Å². The zero-order valence-electron chi connectivity index (χ0n) is 8.63. The smallest absolute Gasteiger partial charge is 0.0659 e. The molecular formula is C13H8BrCl3. The number of rotatable bonds is 2. The zero-order valence-corrected chi connectivity index (χ0v) is 12.5. The Morgan fingerprint density at radius 1 is 0.882 bits per heavy atom. The molecule has 0 aliphatic heterocycles. The van der Waals surface area contributed by atoms with Crippen molar-refractivity contribution in [2.75, 3.05) is 0 Å². The second-order valence-corrected chi connectivity index (χ2v) is 5.78. The van der Waals surface area contributed by atoms with Crippen molar-refractivity contribution < 1.29 is 0 Å². The lowest BCUT2D eigenvalue weighted by atomic mass is 10.1. The molecule has 0 heterocycles. The van der Waals surface area contributed by atoms with Crippen molar-refractivity contribution in [2.24, 2.45) is 0 Å². The summed E-state index contributed by atoms with van der Waals surface area (Å²) in [6.45, 7) is 0. The molecule has 0 aliphatic rings. The summed E-state index contributed by atoms with van der Waals surface area (Å²) in [7, 11) is 0. The van der Waals surface area contributed by atoms with Crippen LogP contribution >= 0.6 is 50.7 Å². The molecule has 4 heteroatoms. The molecule has 0 aliphatic carbocycles. The minimum absolute atomic E-state index is 0.00552. The van der Waals surface area contributed by atoms with E-state index >= 15 is 0 Å². The van der Waals surface area contributed by atoms with E-state index in [2.05, 4.69) is 15.9 Å². The van der Waals surface area contributed by atoms with Crippen molar-refractivity contribution in [2.45, 2.75) is 4.83 Å². The Hall–Kier alpha value is -0.210. The Bertz CT molecular complexity index is 540. The predicted octanol–water partition coefficient (Wildman–Crippen LogP) is 6.13. The fourth-order valence-electron chi connectivity index (χ4n) is 1.55. The molecule has 17 heavy (non-hydrogen) atoms. The van der Waals surface area contributed by atoms with E-state index in [0.717, 1.165) is 11.1 Å². The van der Waals surface area contributed by atoms with E-state index in [9.17, 15) is 0 Å². The van der Waals surface area contributed by atoms with Gasteiger partial charge in [0.25, 0.3) is 0 Å². The Kier molecular flexibility index (Phi) is 4.37. The maximum Gasteiger partial charge on any atom is 0.0659 e. The second kappa shape index (κ2) is 5.62. The molecule has 2 aromatic carbocycles. The van der Waals surface area contributed by atoms with Gasteiger partial charge in [0.2, 0.25) is 0 Å². The van der Waals surface area contributed by atoms with Gasteiger partial charge in [-0.3, -0.25) is 0 Å². The zero-order chi connectivity index (χ0) is 12.4. The lowest BCUT2D eigenvalue weighted by molar-refractivity contribution is 1.18. The molecule has 0 bridgehead atoms. The lowest BCUT2D eigenvalue weighted by Crippen LogP contribution is -1.93. The van der Waals surface area contributed by atoms with Crippen molar-refractivity contribution in [3.63, 3.8) is 0 Å². The van der Waals surface area contributed by atoms with Gasteiger partial charge >= 0.3 is 0 Å². The van der Waals surface area contributed by atoms with Crippen LogP contribution in [0.25, 0.3) is 0 Å². The molecule has 1 unspecified atom stereocenters. The van der Waals surface area contributed by atoms with Crippen LogP contribution in [0.5, 0.6) is 0 Å². The van der Waals surface area contributed by atoms with Gasteiger partial charge in [-0.05, 0) is 35.4 Å². The second-order valence-electron chi connectivity index (χ2n) is 3.58. The number of hydrogen-bond acceptors (Lipinski definition) is 0. The predicted molar refractivity (Wildman–Crippen MR) is 78.7 cm³/mol. The van der Waals surface area contributed by atoms with Crippen molar-refractivity contribution in [3.8, 4) is 0 Å². The van der Waals surface area contributed by atoms with Gasteiger partial charge in [-0.1, -0.05) is 68.9 Å². The third kappa shape index (κ3) is 3.17. The van der Waals surface area contributed by atoms with Gasteiger partial charge in [-0.15, -0.1) is 0 Å². The first kappa shape index (κ1) is 13.2. The lowest BCUT2D eigenvalue weighted by Gasteiger charge is -2.13. The molecule has 0 amide bonds. The van der Waals surface area contributed by atoms with Crippen molar-refractivity contribution >= 4 is 50.7 Å². The molecule has 0 spiro atoms. The molecule has 2 aromatic rings. The van der Waals surface area contributed by atoms with Gasteiger partial charge in [0.1, 0.15) is 0 Å². The highest BCUT2D eigenvalue weighted by atomic mass is 79.9. The standard InChI is InChI=1S/C13H8BrCl3/c14-13(8-2-1-3-9(15)6-8)11-5-4-10(16)7-12(11)17/h1-7,13H. The SMILES string of the molecule is Clc1cccc(C(Br)c2ccc(Cl)cc2Cl)c1. The fourth-order valence-corrected chi connectivity index (χ4v) is 3.08. The summed E-state index contributed by atoms with van der Waals surface area (Å²) >= 11 is 21.6. The monoisotopic (exact) mass is 348 g/mol. The highest BCUT2D eigenvalue weighted by Gasteiger charge is 2.14. The first-order valence-corrected chi connectivity index (χ1v) is 6.97. The van der Waals surface area contributed by atoms with Crippen molar-refractivity contribution in [1.82, 2.24) is 0 Å². The first-order valence-electron chi connectivity index (χ1n) is 4.92. The van der Waals surface area contributed by atoms with Crippen LogP contribution in [-0.2, 0) is 0 Å². The summed E-state index contributed by atoms with van der Waals surface area (Å²) in [6, 6.07) is 13.1. The summed E-state index contributed by atoms with van der Waals surface area (Å²) in [5.74, 6) is 0. The minimum Gasteiger partial charge on any atom is -0.0843 e. The minimum atomic E-state index is 0.00552. The van der Waals surface area contributed by atoms with Gasteiger partial charge in [-0.2, -0.15) is 0 Å². The van der Waals surface area contributed by atoms with E-state index in [-0.39, 0.29) is 4.83 Å². The summed E-state index contributed by atoms with van der Waals surface area (Å²) in [5.41, 5.74) is 2.03. The Morgan fingerprint density at radius 3 is 2.24 bits per heavy atom. The quantitative estimate of drug-likeness (QED) is 0.571. The van der Waals surface area contributed by atoms with E-state index in [1.54, 1.807) is 6.07 Å².